The van der Waals surface area contributed by atoms with Crippen molar-refractivity contribution in [3.8, 4) is 33.8 Å². The summed E-state index contributed by atoms with van der Waals surface area (Å²) in [7, 11) is 0. The van der Waals surface area contributed by atoms with Gasteiger partial charge in [0.05, 0.1) is 5.69 Å². The van der Waals surface area contributed by atoms with Crippen LogP contribution in [-0.4, -0.2) is 6.71 Å². The molecule has 2 nitrogen and oxygen atoms in total. The number of hydrogen-bond acceptors (Lipinski definition) is 2. The highest BCUT2D eigenvalue weighted by Crippen LogP contribution is 2.49. The third-order valence-electron chi connectivity index (χ3n) is 12.4. The number of benzene rings is 9. The van der Waals surface area contributed by atoms with Gasteiger partial charge in [0.2, 0.25) is 6.71 Å². The Kier molecular flexibility index (Phi) is 8.98. The molecule has 1 aliphatic rings. The molecular weight excluding hydrogens is 713 g/mol. The van der Waals surface area contributed by atoms with Crippen LogP contribution in [-0.2, 0) is 0 Å². The maximum Gasteiger partial charge on any atom is 0.243 e. The van der Waals surface area contributed by atoms with Gasteiger partial charge in [0.1, 0.15) is 11.5 Å². The molecule has 59 heavy (non-hydrogen) atoms. The maximum atomic E-state index is 7.04. The van der Waals surface area contributed by atoms with Crippen molar-refractivity contribution in [1.29, 1.82) is 0 Å². The Bertz CT molecular complexity index is 3010. The molecule has 9 aromatic rings. The number of hydrogen-bond donors (Lipinski definition) is 0. The molecule has 9 aromatic carbocycles. The van der Waals surface area contributed by atoms with Crippen molar-refractivity contribution in [2.24, 2.45) is 0 Å². The quantitative estimate of drug-likeness (QED) is 0.150. The first-order chi connectivity index (χ1) is 28.7. The summed E-state index contributed by atoms with van der Waals surface area (Å²) in [5.74, 6) is 1.74. The van der Waals surface area contributed by atoms with Crippen LogP contribution >= 0.6 is 0 Å². The molecule has 0 aliphatic carbocycles. The molecule has 284 valence electrons. The van der Waals surface area contributed by atoms with Gasteiger partial charge in [-0.05, 0) is 105 Å². The van der Waals surface area contributed by atoms with Gasteiger partial charge < -0.3 is 9.64 Å². The van der Waals surface area contributed by atoms with Crippen molar-refractivity contribution in [2.75, 3.05) is 4.90 Å². The lowest BCUT2D eigenvalue weighted by Crippen LogP contribution is -2.56. The molecule has 0 radical (unpaired) electrons. The molecule has 0 saturated heterocycles. The van der Waals surface area contributed by atoms with E-state index in [2.05, 4.69) is 216 Å². The van der Waals surface area contributed by atoms with E-state index < -0.39 is 0 Å². The highest BCUT2D eigenvalue weighted by molar-refractivity contribution is 6.98. The normalized spacial score (nSPS) is 11.7. The molecule has 10 rings (SSSR count). The van der Waals surface area contributed by atoms with Gasteiger partial charge in [0, 0.05) is 34.0 Å². The SMILES string of the molecule is Cc1cc(C)c(B(c2c(C)cc(C)cc2C)c2ccc3c4c(cccc24)Oc2cc(N(c4ccc5ccccc5c4)c4ccccc4-c4ccccc4)ccc2-3)c(C)c1. The fourth-order valence-electron chi connectivity index (χ4n) is 10.1. The van der Waals surface area contributed by atoms with Crippen molar-refractivity contribution in [1.82, 2.24) is 0 Å². The minimum atomic E-state index is 0.0597. The summed E-state index contributed by atoms with van der Waals surface area (Å²) >= 11 is 0. The highest BCUT2D eigenvalue weighted by Gasteiger charge is 2.32. The third kappa shape index (κ3) is 6.30. The molecule has 1 aliphatic heterocycles. The second-order valence-electron chi connectivity index (χ2n) is 16.5. The summed E-state index contributed by atoms with van der Waals surface area (Å²) in [5, 5.41) is 4.81. The second-order valence-corrected chi connectivity index (χ2v) is 16.5. The summed E-state index contributed by atoms with van der Waals surface area (Å²) in [6.45, 7) is 13.6. The average molecular weight is 760 g/mol. The minimum Gasteiger partial charge on any atom is -0.456 e. The van der Waals surface area contributed by atoms with Crippen LogP contribution in [0.5, 0.6) is 11.5 Å². The summed E-state index contributed by atoms with van der Waals surface area (Å²) < 4.78 is 7.04. The van der Waals surface area contributed by atoms with Gasteiger partial charge >= 0.3 is 0 Å². The van der Waals surface area contributed by atoms with E-state index in [1.807, 2.05) is 0 Å². The van der Waals surface area contributed by atoms with Crippen LogP contribution in [0.3, 0.4) is 0 Å². The Hall–Kier alpha value is -6.84. The lowest BCUT2D eigenvalue weighted by Gasteiger charge is -2.30. The lowest BCUT2D eigenvalue weighted by atomic mass is 9.33. The largest absolute Gasteiger partial charge is 0.456 e. The molecule has 0 aromatic heterocycles. The first kappa shape index (κ1) is 36.5. The molecule has 0 atom stereocenters. The molecule has 0 fully saturated rings. The minimum absolute atomic E-state index is 0.0597. The number of fused-ring (bicyclic) bond motifs is 3. The number of anilines is 3. The van der Waals surface area contributed by atoms with Gasteiger partial charge in [0.25, 0.3) is 0 Å². The van der Waals surface area contributed by atoms with E-state index in [1.165, 1.54) is 82.4 Å². The predicted octanol–water partition coefficient (Wildman–Crippen LogP) is 13.3. The maximum absolute atomic E-state index is 7.04. The van der Waals surface area contributed by atoms with Gasteiger partial charge in [-0.2, -0.15) is 0 Å². The Morgan fingerprint density at radius 3 is 1.73 bits per heavy atom. The molecule has 3 heteroatoms. The molecule has 1 heterocycles. The van der Waals surface area contributed by atoms with Crippen molar-refractivity contribution in [2.45, 2.75) is 41.5 Å². The second kappa shape index (κ2) is 14.5. The Labute approximate surface area is 348 Å². The zero-order chi connectivity index (χ0) is 40.4. The van der Waals surface area contributed by atoms with Crippen molar-refractivity contribution < 1.29 is 4.74 Å². The monoisotopic (exact) mass is 759 g/mol. The summed E-state index contributed by atoms with van der Waals surface area (Å²) in [6.07, 6.45) is 0. The highest BCUT2D eigenvalue weighted by atomic mass is 16.5. The van der Waals surface area contributed by atoms with Gasteiger partial charge in [0.15, 0.2) is 0 Å². The fraction of sp³-hybridized carbons (Fsp3) is 0.107. The zero-order valence-electron chi connectivity index (χ0n) is 34.6. The molecule has 0 bridgehead atoms. The van der Waals surface area contributed by atoms with E-state index in [0.29, 0.717) is 0 Å². The number of para-hydroxylation sites is 1. The molecule has 0 spiro atoms. The van der Waals surface area contributed by atoms with E-state index in [0.717, 1.165) is 39.7 Å². The van der Waals surface area contributed by atoms with E-state index in [9.17, 15) is 0 Å². The third-order valence-corrected chi connectivity index (χ3v) is 12.4. The number of aryl methyl sites for hydroxylation is 6. The predicted molar refractivity (Wildman–Crippen MR) is 253 cm³/mol. The van der Waals surface area contributed by atoms with Crippen LogP contribution in [0.1, 0.15) is 33.4 Å². The number of nitrogens with zero attached hydrogens (tertiary/aromatic N) is 1. The standard InChI is InChI=1S/C56H46BNO/c1-35-29-37(3)55(38(4)30-35)57(56-39(5)31-36(2)32-40(56)6)50-28-27-48-47-26-25-45(34-53(47)59-52-22-14-20-49(50)54(48)52)58(44-24-23-41-15-10-11-18-43(41)33-44)51-21-13-12-19-46(51)42-16-8-7-9-17-42/h7-34H,1-6H3. The van der Waals surface area contributed by atoms with Crippen LogP contribution < -0.4 is 26.0 Å². The number of ether oxygens (including phenoxy) is 1. The summed E-state index contributed by atoms with van der Waals surface area (Å²) in [4.78, 5) is 2.38. The van der Waals surface area contributed by atoms with Gasteiger partial charge in [-0.25, -0.2) is 0 Å². The Balaban J connectivity index is 1.16. The van der Waals surface area contributed by atoms with Crippen molar-refractivity contribution in [3.05, 3.63) is 203 Å². The number of rotatable bonds is 7. The molecule has 0 amide bonds. The topological polar surface area (TPSA) is 12.5 Å². The zero-order valence-corrected chi connectivity index (χ0v) is 34.6. The molecular formula is C56H46BNO. The van der Waals surface area contributed by atoms with Crippen LogP contribution in [0.25, 0.3) is 43.8 Å². The van der Waals surface area contributed by atoms with E-state index in [1.54, 1.807) is 0 Å². The molecule has 0 unspecified atom stereocenters. The fourth-order valence-corrected chi connectivity index (χ4v) is 10.1. The van der Waals surface area contributed by atoms with Gasteiger partial charge in [-0.3, -0.25) is 0 Å². The van der Waals surface area contributed by atoms with Crippen LogP contribution in [0.2, 0.25) is 0 Å². The summed E-state index contributed by atoms with van der Waals surface area (Å²) in [6, 6.07) is 62.1. The van der Waals surface area contributed by atoms with Gasteiger partial charge in [-0.15, -0.1) is 0 Å². The van der Waals surface area contributed by atoms with E-state index >= 15 is 0 Å². The smallest absolute Gasteiger partial charge is 0.243 e. The van der Waals surface area contributed by atoms with Crippen LogP contribution in [0.15, 0.2) is 170 Å². The first-order valence-electron chi connectivity index (χ1n) is 20.7. The van der Waals surface area contributed by atoms with Crippen LogP contribution in [0, 0.1) is 41.5 Å². The first-order valence-corrected chi connectivity index (χ1v) is 20.7. The summed E-state index contributed by atoms with van der Waals surface area (Å²) in [5.41, 5.74) is 19.8. The molecule has 0 N–H and O–H groups in total. The van der Waals surface area contributed by atoms with Crippen molar-refractivity contribution in [3.63, 3.8) is 0 Å². The Morgan fingerprint density at radius 1 is 0.424 bits per heavy atom. The lowest BCUT2D eigenvalue weighted by molar-refractivity contribution is 0.487. The van der Waals surface area contributed by atoms with Crippen molar-refractivity contribution >= 4 is 61.7 Å². The average Bonchev–Trinajstić information content (AvgIpc) is 3.23. The van der Waals surface area contributed by atoms with Crippen LogP contribution in [0.4, 0.5) is 17.1 Å². The Morgan fingerprint density at radius 2 is 1.02 bits per heavy atom. The van der Waals surface area contributed by atoms with Gasteiger partial charge in [-0.1, -0.05) is 177 Å². The van der Waals surface area contributed by atoms with E-state index in [-0.39, 0.29) is 6.71 Å². The van der Waals surface area contributed by atoms with E-state index in [4.69, 9.17) is 4.74 Å². The molecule has 0 saturated carbocycles.